The van der Waals surface area contributed by atoms with Crippen LogP contribution in [0.3, 0.4) is 0 Å². The number of carbonyl (C=O) groups excluding carboxylic acids is 2. The number of ether oxygens (including phenoxy) is 1. The van der Waals surface area contributed by atoms with Gasteiger partial charge in [-0.1, -0.05) is 38.1 Å². The molecule has 2 heterocycles. The number of anilines is 2. The van der Waals surface area contributed by atoms with E-state index in [0.717, 1.165) is 16.0 Å². The maximum Gasteiger partial charge on any atom is 0.282 e. The van der Waals surface area contributed by atoms with Crippen LogP contribution in [0.4, 0.5) is 11.4 Å². The summed E-state index contributed by atoms with van der Waals surface area (Å²) < 4.78 is 5.45. The topological polar surface area (TPSA) is 58.6 Å². The van der Waals surface area contributed by atoms with E-state index >= 15 is 0 Å². The van der Waals surface area contributed by atoms with Gasteiger partial charge in [0.05, 0.1) is 24.1 Å². The number of benzene rings is 2. The fourth-order valence-corrected chi connectivity index (χ4v) is 4.36. The van der Waals surface area contributed by atoms with Gasteiger partial charge >= 0.3 is 0 Å². The molecule has 0 radical (unpaired) electrons. The van der Waals surface area contributed by atoms with Gasteiger partial charge in [-0.2, -0.15) is 0 Å². The molecule has 0 saturated heterocycles. The summed E-state index contributed by atoms with van der Waals surface area (Å²) in [6, 6.07) is 17.0. The van der Waals surface area contributed by atoms with Crippen molar-refractivity contribution >= 4 is 40.1 Å². The molecule has 2 aromatic carbocycles. The second kappa shape index (κ2) is 8.40. The molecule has 1 N–H and O–H groups in total. The quantitative estimate of drug-likeness (QED) is 0.516. The Labute approximate surface area is 186 Å². The fourth-order valence-electron chi connectivity index (χ4n) is 3.59. The van der Waals surface area contributed by atoms with Crippen molar-refractivity contribution in [3.63, 3.8) is 0 Å². The summed E-state index contributed by atoms with van der Waals surface area (Å²) in [5.74, 6) is 0.251. The van der Waals surface area contributed by atoms with Crippen molar-refractivity contribution in [3.05, 3.63) is 81.7 Å². The minimum absolute atomic E-state index is 0.254. The first-order valence-electron chi connectivity index (χ1n) is 10.1. The van der Waals surface area contributed by atoms with Gasteiger partial charge in [0.1, 0.15) is 11.4 Å². The van der Waals surface area contributed by atoms with Crippen molar-refractivity contribution in [3.8, 4) is 5.75 Å². The third kappa shape index (κ3) is 3.86. The normalized spacial score (nSPS) is 14.0. The average Bonchev–Trinajstić information content (AvgIpc) is 3.35. The van der Waals surface area contributed by atoms with Crippen molar-refractivity contribution in [2.75, 3.05) is 17.3 Å². The van der Waals surface area contributed by atoms with Crippen LogP contribution in [0.1, 0.15) is 35.8 Å². The number of hydrogen-bond donors (Lipinski definition) is 1. The molecule has 1 aliphatic heterocycles. The number of carbonyl (C=O) groups is 2. The van der Waals surface area contributed by atoms with E-state index in [4.69, 9.17) is 4.74 Å². The first-order valence-corrected chi connectivity index (χ1v) is 11.0. The number of aryl methyl sites for hydroxylation is 1. The summed E-state index contributed by atoms with van der Waals surface area (Å²) in [6.45, 7) is 6.17. The van der Waals surface area contributed by atoms with Crippen LogP contribution in [0.2, 0.25) is 0 Å². The summed E-state index contributed by atoms with van der Waals surface area (Å²) in [5.41, 5.74) is 3.99. The molecule has 6 heteroatoms. The molecular formula is C25H24N2O3S. The van der Waals surface area contributed by atoms with Crippen LogP contribution in [-0.4, -0.2) is 18.9 Å². The Bertz CT molecular complexity index is 1160. The first-order chi connectivity index (χ1) is 14.9. The standard InChI is InChI=1S/C25H24N2O3S/c1-15(2)17-8-10-18(11-9-17)27-24(28)22(21-6-5-13-31-21)23(25(27)29)26-19-14-16(3)7-12-20(19)30-4/h5-15,26H,1-4H3. The molecule has 0 fully saturated rings. The van der Waals surface area contributed by atoms with Crippen molar-refractivity contribution < 1.29 is 14.3 Å². The van der Waals surface area contributed by atoms with Gasteiger partial charge in [0, 0.05) is 4.88 Å². The molecule has 5 nitrogen and oxygen atoms in total. The molecule has 0 spiro atoms. The Morgan fingerprint density at radius 2 is 1.74 bits per heavy atom. The van der Waals surface area contributed by atoms with Crippen LogP contribution in [0.5, 0.6) is 5.75 Å². The Balaban J connectivity index is 1.78. The van der Waals surface area contributed by atoms with Gasteiger partial charge in [0.15, 0.2) is 0 Å². The fraction of sp³-hybridized carbons (Fsp3) is 0.200. The Kier molecular flexibility index (Phi) is 5.65. The van der Waals surface area contributed by atoms with Crippen molar-refractivity contribution in [2.45, 2.75) is 26.7 Å². The molecule has 0 atom stereocenters. The number of thiophene rings is 1. The highest BCUT2D eigenvalue weighted by Gasteiger charge is 2.41. The molecule has 1 aliphatic rings. The predicted octanol–water partition coefficient (Wildman–Crippen LogP) is 5.59. The highest BCUT2D eigenvalue weighted by atomic mass is 32.1. The van der Waals surface area contributed by atoms with E-state index in [2.05, 4.69) is 19.2 Å². The van der Waals surface area contributed by atoms with E-state index in [0.29, 0.717) is 28.6 Å². The molecule has 2 amide bonds. The SMILES string of the molecule is COc1ccc(C)cc1NC1=C(c2cccs2)C(=O)N(c2ccc(C(C)C)cc2)C1=O. The molecule has 0 saturated carbocycles. The van der Waals surface area contributed by atoms with Crippen LogP contribution in [-0.2, 0) is 9.59 Å². The third-order valence-corrected chi connectivity index (χ3v) is 6.17. The second-order valence-corrected chi connectivity index (χ2v) is 8.70. The largest absolute Gasteiger partial charge is 0.495 e. The summed E-state index contributed by atoms with van der Waals surface area (Å²) in [5, 5.41) is 5.09. The highest BCUT2D eigenvalue weighted by Crippen LogP contribution is 2.37. The Hall–Kier alpha value is -3.38. The van der Waals surface area contributed by atoms with Crippen LogP contribution < -0.4 is 15.0 Å². The summed E-state index contributed by atoms with van der Waals surface area (Å²) in [7, 11) is 1.58. The van der Waals surface area contributed by atoms with E-state index in [1.807, 2.05) is 66.9 Å². The van der Waals surface area contributed by atoms with E-state index in [9.17, 15) is 9.59 Å². The minimum atomic E-state index is -0.380. The Morgan fingerprint density at radius 3 is 2.35 bits per heavy atom. The Morgan fingerprint density at radius 1 is 1.00 bits per heavy atom. The number of nitrogens with one attached hydrogen (secondary N) is 1. The number of rotatable bonds is 6. The van der Waals surface area contributed by atoms with E-state index in [1.54, 1.807) is 7.11 Å². The van der Waals surface area contributed by atoms with E-state index in [-0.39, 0.29) is 17.5 Å². The average molecular weight is 433 g/mol. The van der Waals surface area contributed by atoms with Crippen LogP contribution >= 0.6 is 11.3 Å². The van der Waals surface area contributed by atoms with Gasteiger partial charge in [0.25, 0.3) is 11.8 Å². The number of hydrogen-bond acceptors (Lipinski definition) is 5. The zero-order chi connectivity index (χ0) is 22.1. The van der Waals surface area contributed by atoms with Gasteiger partial charge in [-0.3, -0.25) is 9.59 Å². The molecular weight excluding hydrogens is 408 g/mol. The van der Waals surface area contributed by atoms with E-state index in [1.165, 1.54) is 16.2 Å². The van der Waals surface area contributed by atoms with Gasteiger partial charge in [0.2, 0.25) is 0 Å². The zero-order valence-electron chi connectivity index (χ0n) is 17.9. The molecule has 1 aromatic heterocycles. The molecule has 0 aliphatic carbocycles. The van der Waals surface area contributed by atoms with E-state index < -0.39 is 0 Å². The zero-order valence-corrected chi connectivity index (χ0v) is 18.7. The lowest BCUT2D eigenvalue weighted by molar-refractivity contribution is -0.120. The highest BCUT2D eigenvalue weighted by molar-refractivity contribution is 7.11. The smallest absolute Gasteiger partial charge is 0.282 e. The van der Waals surface area contributed by atoms with Crippen LogP contribution in [0, 0.1) is 6.92 Å². The number of imide groups is 1. The number of amides is 2. The van der Waals surface area contributed by atoms with Crippen molar-refractivity contribution in [2.24, 2.45) is 0 Å². The van der Waals surface area contributed by atoms with Crippen molar-refractivity contribution in [1.29, 1.82) is 0 Å². The van der Waals surface area contributed by atoms with Gasteiger partial charge < -0.3 is 10.1 Å². The monoisotopic (exact) mass is 432 g/mol. The molecule has 3 aromatic rings. The number of nitrogens with zero attached hydrogens (tertiary/aromatic N) is 1. The van der Waals surface area contributed by atoms with Crippen molar-refractivity contribution in [1.82, 2.24) is 0 Å². The molecule has 158 valence electrons. The molecule has 31 heavy (non-hydrogen) atoms. The molecule has 0 unspecified atom stereocenters. The molecule has 0 bridgehead atoms. The minimum Gasteiger partial charge on any atom is -0.495 e. The third-order valence-electron chi connectivity index (χ3n) is 5.28. The maximum atomic E-state index is 13.5. The first kappa shape index (κ1) is 20.9. The lowest BCUT2D eigenvalue weighted by Crippen LogP contribution is -2.32. The lowest BCUT2D eigenvalue weighted by Gasteiger charge is -2.17. The second-order valence-electron chi connectivity index (χ2n) is 7.75. The predicted molar refractivity (Wildman–Crippen MR) is 126 cm³/mol. The lowest BCUT2D eigenvalue weighted by atomic mass is 10.0. The summed E-state index contributed by atoms with van der Waals surface area (Å²) >= 11 is 1.43. The number of methoxy groups -OCH3 is 1. The van der Waals surface area contributed by atoms with Gasteiger partial charge in [-0.25, -0.2) is 4.90 Å². The van der Waals surface area contributed by atoms with Crippen LogP contribution in [0.15, 0.2) is 65.7 Å². The van der Waals surface area contributed by atoms with Gasteiger partial charge in [-0.05, 0) is 59.7 Å². The summed E-state index contributed by atoms with van der Waals surface area (Å²) in [4.78, 5) is 28.9. The summed E-state index contributed by atoms with van der Waals surface area (Å²) in [6.07, 6.45) is 0. The maximum absolute atomic E-state index is 13.5. The van der Waals surface area contributed by atoms with Gasteiger partial charge in [-0.15, -0.1) is 11.3 Å². The molecule has 4 rings (SSSR count). The van der Waals surface area contributed by atoms with Crippen LogP contribution in [0.25, 0.3) is 5.57 Å².